The van der Waals surface area contributed by atoms with E-state index < -0.39 is 22.3 Å². The Kier molecular flexibility index (Phi) is 2.46. The molecule has 3 N–H and O–H groups in total. The van der Waals surface area contributed by atoms with Gasteiger partial charge in [-0.2, -0.15) is 0 Å². The lowest BCUT2D eigenvalue weighted by Crippen LogP contribution is -1.97. The Morgan fingerprint density at radius 3 is 2.39 bits per heavy atom. The van der Waals surface area contributed by atoms with E-state index in [1.54, 1.807) is 6.92 Å². The first-order valence-corrected chi connectivity index (χ1v) is 5.03. The molecular weight excluding hydrogens is 240 g/mol. The number of nitro benzene ring substituents is 1. The number of rotatable bonds is 1. The van der Waals surface area contributed by atoms with Gasteiger partial charge in [-0.15, -0.1) is 0 Å². The van der Waals surface area contributed by atoms with Crippen molar-refractivity contribution in [2.45, 2.75) is 13.8 Å². The Morgan fingerprint density at radius 1 is 1.22 bits per heavy atom. The molecule has 1 heterocycles. The number of fused-ring (bicyclic) bond motifs is 1. The Labute approximate surface area is 101 Å². The van der Waals surface area contributed by atoms with Gasteiger partial charge in [0.2, 0.25) is 5.75 Å². The molecule has 0 fully saturated rings. The summed E-state index contributed by atoms with van der Waals surface area (Å²) in [6, 6.07) is 1.50. The molecule has 0 bridgehead atoms. The fourth-order valence-corrected chi connectivity index (χ4v) is 1.82. The molecule has 1 aromatic carbocycles. The largest absolute Gasteiger partial charge is 0.503 e. The van der Waals surface area contributed by atoms with Gasteiger partial charge in [-0.05, 0) is 25.5 Å². The molecule has 7 heteroatoms. The van der Waals surface area contributed by atoms with Crippen molar-refractivity contribution in [2.24, 2.45) is 0 Å². The number of benzene rings is 1. The number of hydrogen-bond donors (Lipinski definition) is 3. The first kappa shape index (κ1) is 11.9. The lowest BCUT2D eigenvalue weighted by Gasteiger charge is -2.09. The van der Waals surface area contributed by atoms with Crippen LogP contribution in [0.4, 0.5) is 5.69 Å². The summed E-state index contributed by atoms with van der Waals surface area (Å²) in [6.45, 7) is 3.20. The van der Waals surface area contributed by atoms with E-state index in [4.69, 9.17) is 0 Å². The minimum Gasteiger partial charge on any atom is -0.503 e. The first-order chi connectivity index (χ1) is 8.34. The predicted octanol–water partition coefficient (Wildman–Crippen LogP) is 1.88. The lowest BCUT2D eigenvalue weighted by atomic mass is 10.0. The van der Waals surface area contributed by atoms with Gasteiger partial charge >= 0.3 is 0 Å². The van der Waals surface area contributed by atoms with Crippen molar-refractivity contribution in [3.05, 3.63) is 27.3 Å². The van der Waals surface area contributed by atoms with Crippen LogP contribution in [0.1, 0.15) is 11.1 Å². The summed E-state index contributed by atoms with van der Waals surface area (Å²) in [5.74, 6) is -2.38. The molecular formula is C11H10N2O5. The molecule has 0 saturated carbocycles. The van der Waals surface area contributed by atoms with E-state index in [2.05, 4.69) is 4.98 Å². The van der Waals surface area contributed by atoms with E-state index in [9.17, 15) is 25.4 Å². The fourth-order valence-electron chi connectivity index (χ4n) is 1.82. The fraction of sp³-hybridized carbons (Fsp3) is 0.182. The van der Waals surface area contributed by atoms with Crippen LogP contribution in [0.2, 0.25) is 0 Å². The number of nitrogens with zero attached hydrogens (tertiary/aromatic N) is 2. The summed E-state index contributed by atoms with van der Waals surface area (Å²) in [7, 11) is 0. The van der Waals surface area contributed by atoms with E-state index >= 15 is 0 Å². The van der Waals surface area contributed by atoms with Crippen LogP contribution in [0.15, 0.2) is 6.07 Å². The van der Waals surface area contributed by atoms with Crippen LogP contribution in [0.5, 0.6) is 17.4 Å². The topological polar surface area (TPSA) is 117 Å². The second kappa shape index (κ2) is 3.73. The molecule has 0 amide bonds. The van der Waals surface area contributed by atoms with E-state index in [1.807, 2.05) is 0 Å². The summed E-state index contributed by atoms with van der Waals surface area (Å²) in [5, 5.41) is 39.3. The van der Waals surface area contributed by atoms with Crippen LogP contribution in [-0.4, -0.2) is 25.2 Å². The third kappa shape index (κ3) is 1.48. The molecule has 0 aliphatic rings. The van der Waals surface area contributed by atoms with E-state index in [1.165, 1.54) is 13.0 Å². The summed E-state index contributed by atoms with van der Waals surface area (Å²) < 4.78 is 0. The van der Waals surface area contributed by atoms with Gasteiger partial charge in [0.25, 0.3) is 11.6 Å². The van der Waals surface area contributed by atoms with Crippen LogP contribution in [0, 0.1) is 24.0 Å². The van der Waals surface area contributed by atoms with Gasteiger partial charge < -0.3 is 15.3 Å². The molecule has 0 atom stereocenters. The van der Waals surface area contributed by atoms with Crippen molar-refractivity contribution in [1.82, 2.24) is 4.98 Å². The highest BCUT2D eigenvalue weighted by Gasteiger charge is 2.25. The molecule has 1 aromatic heterocycles. The maximum atomic E-state index is 11.1. The van der Waals surface area contributed by atoms with Crippen molar-refractivity contribution in [1.29, 1.82) is 0 Å². The first-order valence-electron chi connectivity index (χ1n) is 5.03. The number of nitro groups is 1. The van der Waals surface area contributed by atoms with Crippen molar-refractivity contribution >= 4 is 16.6 Å². The van der Waals surface area contributed by atoms with Crippen molar-refractivity contribution in [2.75, 3.05) is 0 Å². The molecule has 2 aromatic rings. The molecule has 0 aliphatic carbocycles. The minimum atomic E-state index is -0.867. The lowest BCUT2D eigenvalue weighted by molar-refractivity contribution is -0.383. The quantitative estimate of drug-likeness (QED) is 0.525. The van der Waals surface area contributed by atoms with Gasteiger partial charge in [0.1, 0.15) is 5.39 Å². The zero-order valence-electron chi connectivity index (χ0n) is 9.63. The average Bonchev–Trinajstić information content (AvgIpc) is 2.29. The third-order valence-electron chi connectivity index (χ3n) is 2.87. The summed E-state index contributed by atoms with van der Waals surface area (Å²) in [6.07, 6.45) is 0. The number of aromatic nitrogens is 1. The summed E-state index contributed by atoms with van der Waals surface area (Å²) in [4.78, 5) is 14.0. The molecule has 7 nitrogen and oxygen atoms in total. The molecule has 2 rings (SSSR count). The minimum absolute atomic E-state index is 0.0533. The smallest absolute Gasteiger partial charge is 0.285 e. The number of aromatic hydroxyl groups is 3. The molecule has 0 saturated heterocycles. The normalized spacial score (nSPS) is 10.8. The second-order valence-electron chi connectivity index (χ2n) is 3.95. The highest BCUT2D eigenvalue weighted by molar-refractivity contribution is 5.97. The monoisotopic (exact) mass is 250 g/mol. The zero-order chi connectivity index (χ0) is 13.6. The van der Waals surface area contributed by atoms with Gasteiger partial charge in [0.05, 0.1) is 10.4 Å². The molecule has 0 radical (unpaired) electrons. The van der Waals surface area contributed by atoms with Crippen LogP contribution >= 0.6 is 0 Å². The van der Waals surface area contributed by atoms with E-state index in [0.29, 0.717) is 11.1 Å². The van der Waals surface area contributed by atoms with Crippen LogP contribution in [-0.2, 0) is 0 Å². The standard InChI is InChI=1S/C11H10N2O5/c1-4-3-6-7(8(5(4)2)13(17)18)9(14)10(15)11(16)12-6/h3,15H,1-2H3,(H2,12,14,16). The Hall–Kier alpha value is -2.57. The van der Waals surface area contributed by atoms with E-state index in [-0.39, 0.29) is 16.6 Å². The highest BCUT2D eigenvalue weighted by atomic mass is 16.6. The maximum absolute atomic E-state index is 11.1. The van der Waals surface area contributed by atoms with Gasteiger partial charge in [-0.3, -0.25) is 10.1 Å². The highest BCUT2D eigenvalue weighted by Crippen LogP contribution is 2.44. The van der Waals surface area contributed by atoms with Gasteiger partial charge in [0, 0.05) is 5.56 Å². The molecule has 0 spiro atoms. The second-order valence-corrected chi connectivity index (χ2v) is 3.95. The third-order valence-corrected chi connectivity index (χ3v) is 2.87. The van der Waals surface area contributed by atoms with Crippen molar-refractivity contribution in [3.8, 4) is 17.4 Å². The predicted molar refractivity (Wildman–Crippen MR) is 62.9 cm³/mol. The SMILES string of the molecule is Cc1cc2nc(O)c(O)c(O)c2c([N+](=O)[O-])c1C. The van der Waals surface area contributed by atoms with Gasteiger partial charge in [-0.1, -0.05) is 0 Å². The van der Waals surface area contributed by atoms with Crippen LogP contribution < -0.4 is 0 Å². The van der Waals surface area contributed by atoms with Crippen molar-refractivity contribution < 1.29 is 20.2 Å². The molecule has 18 heavy (non-hydrogen) atoms. The molecule has 0 aliphatic heterocycles. The zero-order valence-corrected chi connectivity index (χ0v) is 9.63. The van der Waals surface area contributed by atoms with Gasteiger partial charge in [0.15, 0.2) is 5.75 Å². The Bertz CT molecular complexity index is 676. The van der Waals surface area contributed by atoms with Crippen LogP contribution in [0.3, 0.4) is 0 Å². The van der Waals surface area contributed by atoms with Crippen LogP contribution in [0.25, 0.3) is 10.9 Å². The summed E-state index contributed by atoms with van der Waals surface area (Å²) >= 11 is 0. The maximum Gasteiger partial charge on any atom is 0.285 e. The Morgan fingerprint density at radius 2 is 1.83 bits per heavy atom. The van der Waals surface area contributed by atoms with Crippen molar-refractivity contribution in [3.63, 3.8) is 0 Å². The molecule has 94 valence electrons. The van der Waals surface area contributed by atoms with Gasteiger partial charge in [-0.25, -0.2) is 4.98 Å². The Balaban J connectivity index is 3.09. The number of hydrogen-bond acceptors (Lipinski definition) is 6. The van der Waals surface area contributed by atoms with E-state index in [0.717, 1.165) is 0 Å². The molecule has 0 unspecified atom stereocenters. The number of pyridine rings is 1. The average molecular weight is 250 g/mol. The summed E-state index contributed by atoms with van der Waals surface area (Å²) in [5.41, 5.74) is 0.698. The number of aryl methyl sites for hydroxylation is 1.